The Kier molecular flexibility index (Phi) is 6.57. The summed E-state index contributed by atoms with van der Waals surface area (Å²) in [5.41, 5.74) is 0.709. The molecule has 2 atom stereocenters. The van der Waals surface area contributed by atoms with E-state index in [1.807, 2.05) is 0 Å². The van der Waals surface area contributed by atoms with Crippen LogP contribution in [0, 0.1) is 5.82 Å². The number of hydrogen-bond acceptors (Lipinski definition) is 6. The quantitative estimate of drug-likeness (QED) is 0.559. The van der Waals surface area contributed by atoms with E-state index in [-0.39, 0.29) is 29.2 Å². The highest BCUT2D eigenvalue weighted by Crippen LogP contribution is 2.27. The largest absolute Gasteiger partial charge is 0.484 e. The van der Waals surface area contributed by atoms with Crippen molar-refractivity contribution in [2.45, 2.75) is 24.9 Å². The first-order valence-corrected chi connectivity index (χ1v) is 10.4. The monoisotopic (exact) mass is 478 g/mol. The third-order valence-corrected chi connectivity index (χ3v) is 5.36. The lowest BCUT2D eigenvalue weighted by Gasteiger charge is -2.27. The Hall–Kier alpha value is -3.17. The number of rotatable bonds is 6. The van der Waals surface area contributed by atoms with Gasteiger partial charge < -0.3 is 19.8 Å². The second-order valence-corrected chi connectivity index (χ2v) is 7.92. The van der Waals surface area contributed by atoms with Gasteiger partial charge >= 0.3 is 0 Å². The van der Waals surface area contributed by atoms with Gasteiger partial charge in [0.05, 0.1) is 5.02 Å². The molecule has 1 saturated heterocycles. The number of carbonyl (C=O) groups excluding carboxylic acids is 2. The van der Waals surface area contributed by atoms with Gasteiger partial charge in [0, 0.05) is 16.7 Å². The second-order valence-electron chi connectivity index (χ2n) is 7.08. The number of halogens is 3. The topological polar surface area (TPSA) is 106 Å². The lowest BCUT2D eigenvalue weighted by atomic mass is 10.00. The summed E-state index contributed by atoms with van der Waals surface area (Å²) < 4.78 is 24.4. The molecule has 0 aliphatic carbocycles. The molecule has 0 unspecified atom stereocenters. The van der Waals surface area contributed by atoms with E-state index in [1.54, 1.807) is 24.3 Å². The Labute approximate surface area is 192 Å². The molecule has 8 nitrogen and oxygen atoms in total. The molecule has 4 rings (SSSR count). The molecule has 0 saturated carbocycles. The molecule has 0 bridgehead atoms. The molecule has 2 amide bonds. The molecule has 11 heteroatoms. The van der Waals surface area contributed by atoms with Crippen LogP contribution in [-0.4, -0.2) is 34.7 Å². The number of hydrogen-bond donors (Lipinski definition) is 2. The van der Waals surface area contributed by atoms with Crippen molar-refractivity contribution in [2.75, 3.05) is 6.61 Å². The van der Waals surface area contributed by atoms with Crippen LogP contribution >= 0.6 is 23.2 Å². The van der Waals surface area contributed by atoms with Crippen molar-refractivity contribution in [2.24, 2.45) is 0 Å². The van der Waals surface area contributed by atoms with Crippen LogP contribution in [0.5, 0.6) is 5.75 Å². The summed E-state index contributed by atoms with van der Waals surface area (Å²) in [5, 5.41) is 14.0. The summed E-state index contributed by atoms with van der Waals surface area (Å²) in [6.07, 6.45) is 0.860. The highest BCUT2D eigenvalue weighted by Gasteiger charge is 2.32. The molecule has 32 heavy (non-hydrogen) atoms. The summed E-state index contributed by atoms with van der Waals surface area (Å²) in [7, 11) is 0. The van der Waals surface area contributed by atoms with Gasteiger partial charge in [0.25, 0.3) is 5.91 Å². The van der Waals surface area contributed by atoms with Crippen molar-refractivity contribution in [3.63, 3.8) is 0 Å². The number of amides is 2. The SMILES string of the molecule is O=C(COc1ccc(Cl)c(F)c1)N[C@@H]1CC[C@@H](c2nnc(-c3ccc(Cl)cc3)o2)NC1=O. The van der Waals surface area contributed by atoms with Gasteiger partial charge in [-0.25, -0.2) is 4.39 Å². The zero-order valence-corrected chi connectivity index (χ0v) is 18.0. The Morgan fingerprint density at radius 3 is 2.69 bits per heavy atom. The Bertz CT molecular complexity index is 1140. The lowest BCUT2D eigenvalue weighted by molar-refractivity contribution is -0.132. The highest BCUT2D eigenvalue weighted by atomic mass is 35.5. The Balaban J connectivity index is 1.29. The van der Waals surface area contributed by atoms with Crippen LogP contribution in [0.2, 0.25) is 10.0 Å². The average molecular weight is 479 g/mol. The molecule has 3 aromatic rings. The molecule has 1 fully saturated rings. The van der Waals surface area contributed by atoms with Crippen LogP contribution in [0.3, 0.4) is 0 Å². The predicted octanol–water partition coefficient (Wildman–Crippen LogP) is 3.70. The standard InChI is InChI=1S/C21H17Cl2FN4O4/c22-12-3-1-11(2-4-12)20-27-28-21(32-20)17-8-7-16(19(30)26-17)25-18(29)10-31-13-5-6-14(23)15(24)9-13/h1-6,9,16-17H,7-8,10H2,(H,25,29)(H,26,30)/t16-,17+/m1/s1. The summed E-state index contributed by atoms with van der Waals surface area (Å²) in [5.74, 6) is -0.788. The first kappa shape index (κ1) is 22.0. The normalized spacial score (nSPS) is 18.2. The first-order valence-electron chi connectivity index (χ1n) is 9.66. The maximum absolute atomic E-state index is 13.4. The van der Waals surface area contributed by atoms with E-state index in [9.17, 15) is 14.0 Å². The third-order valence-electron chi connectivity index (χ3n) is 4.80. The highest BCUT2D eigenvalue weighted by molar-refractivity contribution is 6.31. The van der Waals surface area contributed by atoms with Gasteiger partial charge in [-0.1, -0.05) is 23.2 Å². The van der Waals surface area contributed by atoms with Crippen molar-refractivity contribution >= 4 is 35.0 Å². The van der Waals surface area contributed by atoms with Crippen molar-refractivity contribution in [1.29, 1.82) is 0 Å². The van der Waals surface area contributed by atoms with E-state index in [2.05, 4.69) is 20.8 Å². The molecule has 1 aliphatic heterocycles. The summed E-state index contributed by atoms with van der Waals surface area (Å²) in [4.78, 5) is 24.6. The average Bonchev–Trinajstić information content (AvgIpc) is 3.27. The van der Waals surface area contributed by atoms with E-state index in [0.29, 0.717) is 29.3 Å². The summed E-state index contributed by atoms with van der Waals surface area (Å²) in [6.45, 7) is -0.373. The maximum Gasteiger partial charge on any atom is 0.258 e. The van der Waals surface area contributed by atoms with Crippen LogP contribution < -0.4 is 15.4 Å². The number of nitrogens with one attached hydrogen (secondary N) is 2. The number of carbonyl (C=O) groups is 2. The Morgan fingerprint density at radius 1 is 1.19 bits per heavy atom. The van der Waals surface area contributed by atoms with Crippen LogP contribution in [-0.2, 0) is 9.59 Å². The van der Waals surface area contributed by atoms with Crippen molar-refractivity contribution in [3.8, 4) is 17.2 Å². The Morgan fingerprint density at radius 2 is 1.97 bits per heavy atom. The molecule has 0 spiro atoms. The zero-order chi connectivity index (χ0) is 22.7. The molecule has 2 aromatic carbocycles. The fraction of sp³-hybridized carbons (Fsp3) is 0.238. The van der Waals surface area contributed by atoms with Crippen molar-refractivity contribution in [1.82, 2.24) is 20.8 Å². The minimum Gasteiger partial charge on any atom is -0.484 e. The fourth-order valence-electron chi connectivity index (χ4n) is 3.17. The van der Waals surface area contributed by atoms with Crippen LogP contribution in [0.25, 0.3) is 11.5 Å². The van der Waals surface area contributed by atoms with Gasteiger partial charge in [-0.2, -0.15) is 0 Å². The number of ether oxygens (including phenoxy) is 1. The van der Waals surface area contributed by atoms with Gasteiger partial charge in [-0.05, 0) is 49.2 Å². The number of benzene rings is 2. The third kappa shape index (κ3) is 5.17. The first-order chi connectivity index (χ1) is 15.4. The number of nitrogens with zero attached hydrogens (tertiary/aromatic N) is 2. The van der Waals surface area contributed by atoms with E-state index < -0.39 is 23.8 Å². The van der Waals surface area contributed by atoms with Gasteiger partial charge in [-0.3, -0.25) is 9.59 Å². The second kappa shape index (κ2) is 9.54. The molecule has 166 valence electrons. The minimum absolute atomic E-state index is 0.0447. The molecule has 0 radical (unpaired) electrons. The van der Waals surface area contributed by atoms with Crippen LogP contribution in [0.1, 0.15) is 24.8 Å². The smallest absolute Gasteiger partial charge is 0.258 e. The minimum atomic E-state index is -0.733. The van der Waals surface area contributed by atoms with E-state index >= 15 is 0 Å². The van der Waals surface area contributed by atoms with Gasteiger partial charge in [0.15, 0.2) is 6.61 Å². The number of piperidine rings is 1. The van der Waals surface area contributed by atoms with Crippen LogP contribution in [0.15, 0.2) is 46.9 Å². The van der Waals surface area contributed by atoms with Gasteiger partial charge in [0.1, 0.15) is 23.7 Å². The van der Waals surface area contributed by atoms with E-state index in [0.717, 1.165) is 6.07 Å². The summed E-state index contributed by atoms with van der Waals surface area (Å²) in [6, 6.07) is 9.59. The molecule has 1 aliphatic rings. The molecule has 1 aromatic heterocycles. The van der Waals surface area contributed by atoms with Gasteiger partial charge in [-0.15, -0.1) is 10.2 Å². The molecule has 2 N–H and O–H groups in total. The number of aromatic nitrogens is 2. The predicted molar refractivity (Wildman–Crippen MR) is 114 cm³/mol. The van der Waals surface area contributed by atoms with Crippen LogP contribution in [0.4, 0.5) is 4.39 Å². The molecular formula is C21H17Cl2FN4O4. The maximum atomic E-state index is 13.4. The fourth-order valence-corrected chi connectivity index (χ4v) is 3.41. The van der Waals surface area contributed by atoms with Gasteiger partial charge in [0.2, 0.25) is 17.7 Å². The van der Waals surface area contributed by atoms with Crippen molar-refractivity contribution in [3.05, 3.63) is 64.2 Å². The summed E-state index contributed by atoms with van der Waals surface area (Å²) >= 11 is 11.5. The lowest BCUT2D eigenvalue weighted by Crippen LogP contribution is -2.52. The molecule has 2 heterocycles. The van der Waals surface area contributed by atoms with Crippen molar-refractivity contribution < 1.29 is 23.1 Å². The molecular weight excluding hydrogens is 462 g/mol. The van der Waals surface area contributed by atoms with E-state index in [4.69, 9.17) is 32.4 Å². The van der Waals surface area contributed by atoms with E-state index in [1.165, 1.54) is 12.1 Å². The zero-order valence-electron chi connectivity index (χ0n) is 16.5.